The van der Waals surface area contributed by atoms with E-state index in [0.29, 0.717) is 27.9 Å². The number of aromatic nitrogens is 3. The van der Waals surface area contributed by atoms with Gasteiger partial charge in [0.15, 0.2) is 0 Å². The minimum atomic E-state index is -0.277. The first-order chi connectivity index (χ1) is 10.2. The van der Waals surface area contributed by atoms with E-state index in [4.69, 9.17) is 5.84 Å². The summed E-state index contributed by atoms with van der Waals surface area (Å²) in [6.45, 7) is 1.77. The summed E-state index contributed by atoms with van der Waals surface area (Å²) in [5, 5.41) is 3.94. The standard InChI is InChI=1S/C13H12N6OS/c1-7-15-13(21-19-7)17-12(20)9-6-11(18-14)16-10-5-3-2-4-8(9)10/h2-6H,14H2,1H3,(H,16,18)(H,15,17,19,20). The van der Waals surface area contributed by atoms with Crippen LogP contribution in [0.1, 0.15) is 16.2 Å². The van der Waals surface area contributed by atoms with Gasteiger partial charge < -0.3 is 5.43 Å². The van der Waals surface area contributed by atoms with Crippen LogP contribution in [0.15, 0.2) is 30.3 Å². The molecule has 7 nitrogen and oxygen atoms in total. The van der Waals surface area contributed by atoms with Gasteiger partial charge in [0.25, 0.3) is 5.91 Å². The number of pyridine rings is 1. The lowest BCUT2D eigenvalue weighted by atomic mass is 10.1. The SMILES string of the molecule is Cc1nsc(NC(=O)c2cc(NN)nc3ccccc23)n1. The Bertz CT molecular complexity index is 815. The number of nitrogens with zero attached hydrogens (tertiary/aromatic N) is 3. The first-order valence-corrected chi connectivity index (χ1v) is 6.93. The van der Waals surface area contributed by atoms with Crippen LogP contribution in [-0.2, 0) is 0 Å². The summed E-state index contributed by atoms with van der Waals surface area (Å²) in [5.41, 5.74) is 3.63. The van der Waals surface area contributed by atoms with Crippen LogP contribution in [0.2, 0.25) is 0 Å². The Morgan fingerprint density at radius 2 is 2.10 bits per heavy atom. The van der Waals surface area contributed by atoms with Crippen LogP contribution in [0.4, 0.5) is 10.9 Å². The normalized spacial score (nSPS) is 10.6. The summed E-state index contributed by atoms with van der Waals surface area (Å²) in [6, 6.07) is 8.97. The van der Waals surface area contributed by atoms with Crippen molar-refractivity contribution in [2.24, 2.45) is 5.84 Å². The molecule has 3 rings (SSSR count). The van der Waals surface area contributed by atoms with Crippen molar-refractivity contribution in [3.05, 3.63) is 41.7 Å². The largest absolute Gasteiger partial charge is 0.308 e. The number of carbonyl (C=O) groups is 1. The second kappa shape index (κ2) is 5.43. The van der Waals surface area contributed by atoms with Gasteiger partial charge in [-0.25, -0.2) is 15.8 Å². The van der Waals surface area contributed by atoms with Crippen molar-refractivity contribution in [2.45, 2.75) is 6.92 Å². The van der Waals surface area contributed by atoms with E-state index in [0.717, 1.165) is 16.9 Å². The number of amides is 1. The number of hydrazine groups is 1. The molecular formula is C13H12N6OS. The van der Waals surface area contributed by atoms with Crippen LogP contribution >= 0.6 is 11.5 Å². The van der Waals surface area contributed by atoms with Gasteiger partial charge in [0.05, 0.1) is 11.1 Å². The average Bonchev–Trinajstić information content (AvgIpc) is 2.91. The topological polar surface area (TPSA) is 106 Å². The summed E-state index contributed by atoms with van der Waals surface area (Å²) in [4.78, 5) is 20.9. The Hall–Kier alpha value is -2.58. The van der Waals surface area contributed by atoms with Crippen LogP contribution in [0.3, 0.4) is 0 Å². The van der Waals surface area contributed by atoms with E-state index >= 15 is 0 Å². The molecule has 1 aromatic carbocycles. The third-order valence-corrected chi connectivity index (χ3v) is 3.58. The fourth-order valence-electron chi connectivity index (χ4n) is 1.95. The molecule has 1 amide bonds. The molecule has 0 fully saturated rings. The molecule has 106 valence electrons. The third-order valence-electron chi connectivity index (χ3n) is 2.86. The molecule has 0 spiro atoms. The van der Waals surface area contributed by atoms with E-state index in [1.165, 1.54) is 0 Å². The number of nitrogen functional groups attached to an aromatic ring is 1. The highest BCUT2D eigenvalue weighted by molar-refractivity contribution is 7.09. The van der Waals surface area contributed by atoms with Crippen LogP contribution in [-0.4, -0.2) is 20.2 Å². The fourth-order valence-corrected chi connectivity index (χ4v) is 2.52. The maximum atomic E-state index is 12.4. The number of rotatable bonds is 3. The first-order valence-electron chi connectivity index (χ1n) is 6.15. The van der Waals surface area contributed by atoms with Crippen molar-refractivity contribution in [1.82, 2.24) is 14.3 Å². The van der Waals surface area contributed by atoms with Gasteiger partial charge in [0.1, 0.15) is 11.6 Å². The number of nitrogens with one attached hydrogen (secondary N) is 2. The number of aryl methyl sites for hydroxylation is 1. The molecule has 0 saturated carbocycles. The van der Waals surface area contributed by atoms with Gasteiger partial charge in [-0.1, -0.05) is 18.2 Å². The second-order valence-electron chi connectivity index (χ2n) is 4.32. The molecule has 8 heteroatoms. The van der Waals surface area contributed by atoms with E-state index < -0.39 is 0 Å². The molecule has 0 radical (unpaired) electrons. The maximum absolute atomic E-state index is 12.4. The molecule has 0 unspecified atom stereocenters. The van der Waals surface area contributed by atoms with Crippen molar-refractivity contribution in [2.75, 3.05) is 10.7 Å². The smallest absolute Gasteiger partial charge is 0.258 e. The zero-order valence-corrected chi connectivity index (χ0v) is 11.9. The molecule has 0 saturated heterocycles. The van der Waals surface area contributed by atoms with Crippen molar-refractivity contribution in [1.29, 1.82) is 0 Å². The molecule has 2 aromatic heterocycles. The molecule has 0 aliphatic rings. The highest BCUT2D eigenvalue weighted by Crippen LogP contribution is 2.22. The van der Waals surface area contributed by atoms with Gasteiger partial charge in [-0.2, -0.15) is 4.37 Å². The van der Waals surface area contributed by atoms with E-state index in [1.807, 2.05) is 24.3 Å². The van der Waals surface area contributed by atoms with Crippen LogP contribution in [0.5, 0.6) is 0 Å². The molecule has 2 heterocycles. The monoisotopic (exact) mass is 300 g/mol. The number of benzene rings is 1. The van der Waals surface area contributed by atoms with Crippen LogP contribution in [0, 0.1) is 6.92 Å². The van der Waals surface area contributed by atoms with Crippen molar-refractivity contribution in [3.8, 4) is 0 Å². The van der Waals surface area contributed by atoms with E-state index in [9.17, 15) is 4.79 Å². The molecule has 0 aliphatic heterocycles. The van der Waals surface area contributed by atoms with Crippen molar-refractivity contribution in [3.63, 3.8) is 0 Å². The zero-order valence-electron chi connectivity index (χ0n) is 11.1. The first kappa shape index (κ1) is 13.4. The summed E-state index contributed by atoms with van der Waals surface area (Å²) < 4.78 is 4.03. The molecular weight excluding hydrogens is 288 g/mol. The molecule has 0 bridgehead atoms. The van der Waals surface area contributed by atoms with Gasteiger partial charge in [-0.3, -0.25) is 10.1 Å². The van der Waals surface area contributed by atoms with Gasteiger partial charge in [0, 0.05) is 16.9 Å². The van der Waals surface area contributed by atoms with E-state index in [2.05, 4.69) is 25.1 Å². The minimum absolute atomic E-state index is 0.277. The number of hydrogen-bond donors (Lipinski definition) is 3. The molecule has 0 atom stereocenters. The number of fused-ring (bicyclic) bond motifs is 1. The number of nitrogens with two attached hydrogens (primary N) is 1. The molecule has 0 aliphatic carbocycles. The Morgan fingerprint density at radius 3 is 2.81 bits per heavy atom. The summed E-state index contributed by atoms with van der Waals surface area (Å²) >= 11 is 1.14. The van der Waals surface area contributed by atoms with Crippen molar-refractivity contribution >= 4 is 39.3 Å². The fraction of sp³-hybridized carbons (Fsp3) is 0.0769. The summed E-state index contributed by atoms with van der Waals surface area (Å²) in [5.74, 6) is 6.17. The quantitative estimate of drug-likeness (QED) is 0.504. The second-order valence-corrected chi connectivity index (χ2v) is 5.07. The Labute approximate surface area is 124 Å². The molecule has 3 aromatic rings. The number of carbonyl (C=O) groups excluding carboxylic acids is 1. The maximum Gasteiger partial charge on any atom is 0.258 e. The average molecular weight is 300 g/mol. The van der Waals surface area contributed by atoms with Crippen molar-refractivity contribution < 1.29 is 4.79 Å². The van der Waals surface area contributed by atoms with Crippen LogP contribution in [0.25, 0.3) is 10.9 Å². The Balaban J connectivity index is 2.03. The number of anilines is 2. The van der Waals surface area contributed by atoms with Gasteiger partial charge in [-0.15, -0.1) is 0 Å². The Kier molecular flexibility index (Phi) is 3.46. The van der Waals surface area contributed by atoms with E-state index in [1.54, 1.807) is 13.0 Å². The molecule has 21 heavy (non-hydrogen) atoms. The predicted octanol–water partition coefficient (Wildman–Crippen LogP) is 1.93. The van der Waals surface area contributed by atoms with E-state index in [-0.39, 0.29) is 5.91 Å². The minimum Gasteiger partial charge on any atom is -0.308 e. The highest BCUT2D eigenvalue weighted by atomic mass is 32.1. The lowest BCUT2D eigenvalue weighted by molar-refractivity contribution is 0.102. The molecule has 4 N–H and O–H groups in total. The number of para-hydroxylation sites is 1. The lowest BCUT2D eigenvalue weighted by Crippen LogP contribution is -2.15. The van der Waals surface area contributed by atoms with Crippen LogP contribution < -0.4 is 16.6 Å². The zero-order chi connectivity index (χ0) is 14.8. The highest BCUT2D eigenvalue weighted by Gasteiger charge is 2.14. The van der Waals surface area contributed by atoms with Gasteiger partial charge in [0.2, 0.25) is 5.13 Å². The number of hydrogen-bond acceptors (Lipinski definition) is 7. The van der Waals surface area contributed by atoms with Gasteiger partial charge in [-0.05, 0) is 19.1 Å². The van der Waals surface area contributed by atoms with Gasteiger partial charge >= 0.3 is 0 Å². The predicted molar refractivity (Wildman–Crippen MR) is 82.2 cm³/mol. The Morgan fingerprint density at radius 1 is 1.29 bits per heavy atom. The third kappa shape index (κ3) is 2.67. The summed E-state index contributed by atoms with van der Waals surface area (Å²) in [7, 11) is 0. The lowest BCUT2D eigenvalue weighted by Gasteiger charge is -2.08. The summed E-state index contributed by atoms with van der Waals surface area (Å²) in [6.07, 6.45) is 0.